The van der Waals surface area contributed by atoms with E-state index in [1.165, 1.54) is 24.3 Å². The third kappa shape index (κ3) is 3.39. The standard InChI is InChI=1S/C13H18N2O5S/c1-13(2)11(7-12(13)16)14-21(19,20)8-9-3-5-10(6-4-9)15(17)18/h3-6,11-12,14,16H,7-8H2,1-2H3. The first-order valence-electron chi connectivity index (χ1n) is 6.53. The first kappa shape index (κ1) is 15.9. The van der Waals surface area contributed by atoms with E-state index in [9.17, 15) is 23.6 Å². The highest BCUT2D eigenvalue weighted by Gasteiger charge is 2.48. The van der Waals surface area contributed by atoms with Gasteiger partial charge in [-0.1, -0.05) is 26.0 Å². The average molecular weight is 314 g/mol. The number of aliphatic hydroxyl groups is 1. The van der Waals surface area contributed by atoms with E-state index in [4.69, 9.17) is 0 Å². The number of hydrogen-bond acceptors (Lipinski definition) is 5. The number of sulfonamides is 1. The molecule has 1 aromatic carbocycles. The molecule has 1 saturated carbocycles. The van der Waals surface area contributed by atoms with Gasteiger partial charge in [0.25, 0.3) is 5.69 Å². The summed E-state index contributed by atoms with van der Waals surface area (Å²) in [4.78, 5) is 10.0. The van der Waals surface area contributed by atoms with Gasteiger partial charge >= 0.3 is 0 Å². The van der Waals surface area contributed by atoms with Gasteiger partial charge in [0.1, 0.15) is 0 Å². The number of nitro groups is 1. The third-order valence-electron chi connectivity index (χ3n) is 4.04. The Bertz CT molecular complexity index is 639. The Morgan fingerprint density at radius 2 is 1.95 bits per heavy atom. The monoisotopic (exact) mass is 314 g/mol. The predicted octanol–water partition coefficient (Wildman–Crippen LogP) is 1.17. The lowest BCUT2D eigenvalue weighted by atomic mass is 9.65. The third-order valence-corrected chi connectivity index (χ3v) is 5.40. The fourth-order valence-electron chi connectivity index (χ4n) is 2.29. The van der Waals surface area contributed by atoms with Gasteiger partial charge in [0.05, 0.1) is 16.8 Å². The largest absolute Gasteiger partial charge is 0.392 e. The molecule has 1 aromatic rings. The van der Waals surface area contributed by atoms with Gasteiger partial charge < -0.3 is 5.11 Å². The number of hydrogen-bond donors (Lipinski definition) is 2. The van der Waals surface area contributed by atoms with Crippen LogP contribution in [0.4, 0.5) is 5.69 Å². The molecule has 116 valence electrons. The Labute approximate surface area is 123 Å². The second kappa shape index (κ2) is 5.36. The van der Waals surface area contributed by atoms with Gasteiger partial charge in [-0.05, 0) is 12.0 Å². The van der Waals surface area contributed by atoms with Crippen molar-refractivity contribution >= 4 is 15.7 Å². The van der Waals surface area contributed by atoms with E-state index in [1.807, 2.05) is 0 Å². The Kier molecular flexibility index (Phi) is 4.05. The molecule has 0 aliphatic heterocycles. The summed E-state index contributed by atoms with van der Waals surface area (Å²) in [7, 11) is -3.55. The zero-order chi connectivity index (χ0) is 15.8. The summed E-state index contributed by atoms with van der Waals surface area (Å²) in [5, 5.41) is 20.2. The molecule has 8 heteroatoms. The van der Waals surface area contributed by atoms with Crippen molar-refractivity contribution in [1.82, 2.24) is 4.72 Å². The van der Waals surface area contributed by atoms with Crippen LogP contribution in [0.2, 0.25) is 0 Å². The zero-order valence-corrected chi connectivity index (χ0v) is 12.6. The minimum atomic E-state index is -3.55. The van der Waals surface area contributed by atoms with Crippen LogP contribution < -0.4 is 4.72 Å². The minimum absolute atomic E-state index is 0.0765. The molecule has 0 aromatic heterocycles. The van der Waals surface area contributed by atoms with Gasteiger partial charge in [0.15, 0.2) is 0 Å². The van der Waals surface area contributed by atoms with Crippen LogP contribution >= 0.6 is 0 Å². The molecule has 0 spiro atoms. The summed E-state index contributed by atoms with van der Waals surface area (Å²) in [6.07, 6.45) is -0.114. The van der Waals surface area contributed by atoms with E-state index >= 15 is 0 Å². The van der Waals surface area contributed by atoms with Crippen LogP contribution in [0.3, 0.4) is 0 Å². The second-order valence-electron chi connectivity index (χ2n) is 5.93. The number of benzene rings is 1. The SMILES string of the molecule is CC1(C)C(O)CC1NS(=O)(=O)Cc1ccc([N+](=O)[O-])cc1. The van der Waals surface area contributed by atoms with Gasteiger partial charge in [0.2, 0.25) is 10.0 Å². The number of nitrogens with zero attached hydrogens (tertiary/aromatic N) is 1. The average Bonchev–Trinajstić information content (AvgIpc) is 2.38. The molecular formula is C13H18N2O5S. The van der Waals surface area contributed by atoms with Crippen molar-refractivity contribution < 1.29 is 18.4 Å². The molecule has 0 amide bonds. The summed E-state index contributed by atoms with van der Waals surface area (Å²) >= 11 is 0. The molecular weight excluding hydrogens is 296 g/mol. The maximum atomic E-state index is 12.1. The maximum absolute atomic E-state index is 12.1. The summed E-state index contributed by atoms with van der Waals surface area (Å²) < 4.78 is 26.8. The maximum Gasteiger partial charge on any atom is 0.269 e. The fraction of sp³-hybridized carbons (Fsp3) is 0.538. The van der Waals surface area contributed by atoms with Crippen LogP contribution in [-0.4, -0.2) is 30.6 Å². The Morgan fingerprint density at radius 1 is 1.38 bits per heavy atom. The predicted molar refractivity (Wildman–Crippen MR) is 77.0 cm³/mol. The van der Waals surface area contributed by atoms with Gasteiger partial charge in [-0.15, -0.1) is 0 Å². The van der Waals surface area contributed by atoms with E-state index in [0.29, 0.717) is 12.0 Å². The highest BCUT2D eigenvalue weighted by atomic mass is 32.2. The topological polar surface area (TPSA) is 110 Å². The molecule has 1 fully saturated rings. The first-order chi connectivity index (χ1) is 9.62. The molecule has 21 heavy (non-hydrogen) atoms. The fourth-order valence-corrected chi connectivity index (χ4v) is 3.84. The molecule has 7 nitrogen and oxygen atoms in total. The van der Waals surface area contributed by atoms with Crippen molar-refractivity contribution in [2.45, 2.75) is 38.2 Å². The van der Waals surface area contributed by atoms with Crippen molar-refractivity contribution in [1.29, 1.82) is 0 Å². The lowest BCUT2D eigenvalue weighted by Gasteiger charge is -2.49. The Balaban J connectivity index is 2.03. The molecule has 2 rings (SSSR count). The molecule has 1 aliphatic rings. The van der Waals surface area contributed by atoms with Crippen LogP contribution in [0.15, 0.2) is 24.3 Å². The summed E-state index contributed by atoms with van der Waals surface area (Å²) in [5.41, 5.74) is -0.0825. The van der Waals surface area contributed by atoms with Crippen molar-refractivity contribution in [3.05, 3.63) is 39.9 Å². The van der Waals surface area contributed by atoms with E-state index in [2.05, 4.69) is 4.72 Å². The van der Waals surface area contributed by atoms with Crippen LogP contribution in [0, 0.1) is 15.5 Å². The van der Waals surface area contributed by atoms with Gasteiger partial charge in [-0.3, -0.25) is 10.1 Å². The van der Waals surface area contributed by atoms with E-state index < -0.39 is 26.5 Å². The highest BCUT2D eigenvalue weighted by Crippen LogP contribution is 2.40. The zero-order valence-electron chi connectivity index (χ0n) is 11.8. The van der Waals surface area contributed by atoms with Crippen molar-refractivity contribution in [3.8, 4) is 0 Å². The molecule has 2 unspecified atom stereocenters. The van der Waals surface area contributed by atoms with E-state index in [0.717, 1.165) is 0 Å². The van der Waals surface area contributed by atoms with Crippen molar-refractivity contribution in [3.63, 3.8) is 0 Å². The lowest BCUT2D eigenvalue weighted by Crippen LogP contribution is -2.61. The van der Waals surface area contributed by atoms with Crippen LogP contribution in [0.25, 0.3) is 0 Å². The molecule has 0 heterocycles. The summed E-state index contributed by atoms with van der Waals surface area (Å²) in [6, 6.07) is 5.12. The smallest absolute Gasteiger partial charge is 0.269 e. The van der Waals surface area contributed by atoms with Crippen LogP contribution in [-0.2, 0) is 15.8 Å². The van der Waals surface area contributed by atoms with Gasteiger partial charge in [-0.2, -0.15) is 0 Å². The number of nitrogens with one attached hydrogen (secondary N) is 1. The lowest BCUT2D eigenvalue weighted by molar-refractivity contribution is -0.384. The second-order valence-corrected chi connectivity index (χ2v) is 7.68. The van der Waals surface area contributed by atoms with Crippen molar-refractivity contribution in [2.75, 3.05) is 0 Å². The van der Waals surface area contributed by atoms with Crippen LogP contribution in [0.1, 0.15) is 25.8 Å². The Morgan fingerprint density at radius 3 is 2.38 bits per heavy atom. The molecule has 0 radical (unpaired) electrons. The summed E-state index contributed by atoms with van der Waals surface area (Å²) in [6.45, 7) is 3.61. The highest BCUT2D eigenvalue weighted by molar-refractivity contribution is 7.88. The van der Waals surface area contributed by atoms with E-state index in [-0.39, 0.29) is 17.5 Å². The molecule has 1 aliphatic carbocycles. The van der Waals surface area contributed by atoms with E-state index in [1.54, 1.807) is 13.8 Å². The Hall–Kier alpha value is -1.51. The number of rotatable bonds is 5. The van der Waals surface area contributed by atoms with Gasteiger partial charge in [0, 0.05) is 23.6 Å². The quantitative estimate of drug-likeness (QED) is 0.626. The van der Waals surface area contributed by atoms with Crippen molar-refractivity contribution in [2.24, 2.45) is 5.41 Å². The number of nitro benzene ring substituents is 1. The normalized spacial score (nSPS) is 24.3. The van der Waals surface area contributed by atoms with Gasteiger partial charge in [-0.25, -0.2) is 13.1 Å². The minimum Gasteiger partial charge on any atom is -0.392 e. The summed E-state index contributed by atoms with van der Waals surface area (Å²) in [5.74, 6) is -0.242. The number of non-ortho nitro benzene ring substituents is 1. The van der Waals surface area contributed by atoms with Crippen LogP contribution in [0.5, 0.6) is 0 Å². The molecule has 0 bridgehead atoms. The molecule has 2 atom stereocenters. The molecule has 0 saturated heterocycles. The molecule has 2 N–H and O–H groups in total. The first-order valence-corrected chi connectivity index (χ1v) is 8.18. The number of aliphatic hydroxyl groups excluding tert-OH is 1.